The molecular formula is C19H14Cl4N4O3S2. The van der Waals surface area contributed by atoms with E-state index in [1.807, 2.05) is 0 Å². The van der Waals surface area contributed by atoms with E-state index < -0.39 is 11.9 Å². The first-order chi connectivity index (χ1) is 15.2. The average molecular weight is 552 g/mol. The van der Waals surface area contributed by atoms with Crippen molar-refractivity contribution in [2.75, 3.05) is 5.32 Å². The van der Waals surface area contributed by atoms with E-state index in [-0.39, 0.29) is 43.4 Å². The number of nitrogens with one attached hydrogen (secondary N) is 3. The van der Waals surface area contributed by atoms with E-state index in [1.54, 1.807) is 5.38 Å². The molecule has 0 saturated carbocycles. The lowest BCUT2D eigenvalue weighted by Gasteiger charge is -2.29. The average Bonchev–Trinajstić information content (AvgIpc) is 3.28. The van der Waals surface area contributed by atoms with Gasteiger partial charge in [-0.15, -0.1) is 11.3 Å². The number of fused-ring (bicyclic) bond motifs is 1. The second kappa shape index (κ2) is 9.32. The maximum Gasteiger partial charge on any atom is 0.256 e. The first-order valence-corrected chi connectivity index (χ1v) is 12.1. The van der Waals surface area contributed by atoms with Crippen LogP contribution in [0.25, 0.3) is 0 Å². The van der Waals surface area contributed by atoms with Gasteiger partial charge < -0.3 is 15.5 Å². The molecular weight excluding hydrogens is 538 g/mol. The molecule has 0 aliphatic carbocycles. The lowest BCUT2D eigenvalue weighted by atomic mass is 10.0. The third-order valence-corrected chi connectivity index (χ3v) is 8.00. The monoisotopic (exact) mass is 550 g/mol. The van der Waals surface area contributed by atoms with Gasteiger partial charge in [0.05, 0.1) is 37.9 Å². The van der Waals surface area contributed by atoms with Crippen LogP contribution >= 0.6 is 70.0 Å². The number of rotatable bonds is 4. The van der Waals surface area contributed by atoms with Gasteiger partial charge in [0, 0.05) is 23.2 Å². The fourth-order valence-electron chi connectivity index (χ4n) is 3.55. The first kappa shape index (κ1) is 23.5. The van der Waals surface area contributed by atoms with E-state index in [1.165, 1.54) is 22.3 Å². The molecule has 13 heteroatoms. The molecule has 0 radical (unpaired) electrons. The normalized spacial score (nSPS) is 17.9. The van der Waals surface area contributed by atoms with Crippen molar-refractivity contribution in [3.8, 4) is 0 Å². The van der Waals surface area contributed by atoms with E-state index in [2.05, 4.69) is 16.0 Å². The fraction of sp³-hybridized carbons (Fsp3) is 0.263. The number of imide groups is 1. The Bertz CT molecular complexity index is 1140. The number of piperidine rings is 1. The molecule has 3 N–H and O–H groups in total. The van der Waals surface area contributed by atoms with Gasteiger partial charge in [-0.2, -0.15) is 0 Å². The Kier molecular flexibility index (Phi) is 6.86. The van der Waals surface area contributed by atoms with Gasteiger partial charge in [-0.1, -0.05) is 46.4 Å². The summed E-state index contributed by atoms with van der Waals surface area (Å²) < 4.78 is 0. The summed E-state index contributed by atoms with van der Waals surface area (Å²) in [5, 5.41) is 11.1. The van der Waals surface area contributed by atoms with Crippen LogP contribution in [0, 0.1) is 0 Å². The van der Waals surface area contributed by atoms with Crippen LogP contribution < -0.4 is 16.0 Å². The molecule has 7 nitrogen and oxygen atoms in total. The minimum Gasteiger partial charge on any atom is -0.358 e. The van der Waals surface area contributed by atoms with E-state index in [0.29, 0.717) is 30.8 Å². The molecule has 4 rings (SSSR count). The zero-order valence-electron chi connectivity index (χ0n) is 16.1. The van der Waals surface area contributed by atoms with E-state index >= 15 is 0 Å². The molecule has 3 heterocycles. The van der Waals surface area contributed by atoms with Gasteiger partial charge in [0.2, 0.25) is 11.8 Å². The maximum absolute atomic E-state index is 12.8. The summed E-state index contributed by atoms with van der Waals surface area (Å²) in [6.07, 6.45) is 0.523. The number of hydrogen-bond acceptors (Lipinski definition) is 5. The van der Waals surface area contributed by atoms with Gasteiger partial charge >= 0.3 is 0 Å². The van der Waals surface area contributed by atoms with Crippen LogP contribution in [0.3, 0.4) is 0 Å². The molecule has 1 aromatic carbocycles. The number of hydrogen-bond donors (Lipinski definition) is 3. The number of anilines is 1. The molecule has 1 atom stereocenters. The summed E-state index contributed by atoms with van der Waals surface area (Å²) >= 11 is 31.2. The molecule has 32 heavy (non-hydrogen) atoms. The summed E-state index contributed by atoms with van der Waals surface area (Å²) in [7, 11) is 0. The van der Waals surface area contributed by atoms with Crippen LogP contribution in [0.15, 0.2) is 11.4 Å². The van der Waals surface area contributed by atoms with Gasteiger partial charge in [0.1, 0.15) is 6.04 Å². The highest BCUT2D eigenvalue weighted by molar-refractivity contribution is 7.80. The number of amides is 3. The standard InChI is InChI=1S/C19H14Cl4N4O3S2/c20-9-3-10(21)15(23)16(14(9)22)26-19(31)24-4-12-7-5-27(18(30)8(7)6-32-12)11-1-2-13(28)25-17(11)29/h3,6,11H,1-2,4-5H2,(H2,24,26,31)(H,25,28,29). The Morgan fingerprint density at radius 1 is 1.19 bits per heavy atom. The number of halogens is 4. The summed E-state index contributed by atoms with van der Waals surface area (Å²) in [6, 6.07) is 0.785. The quantitative estimate of drug-likeness (QED) is 0.292. The highest BCUT2D eigenvalue weighted by atomic mass is 35.5. The van der Waals surface area contributed by atoms with Crippen LogP contribution in [0.4, 0.5) is 5.69 Å². The number of carbonyl (C=O) groups is 3. The topological polar surface area (TPSA) is 90.5 Å². The summed E-state index contributed by atoms with van der Waals surface area (Å²) in [5.41, 5.74) is 1.68. The van der Waals surface area contributed by atoms with Crippen molar-refractivity contribution in [3.05, 3.63) is 47.5 Å². The third kappa shape index (κ3) is 4.42. The fourth-order valence-corrected chi connectivity index (χ4v) is 5.61. The lowest BCUT2D eigenvalue weighted by Crippen LogP contribution is -2.52. The number of thiophene rings is 1. The minimum atomic E-state index is -0.655. The Hall–Kier alpha value is -1.62. The first-order valence-electron chi connectivity index (χ1n) is 9.29. The van der Waals surface area contributed by atoms with Crippen molar-refractivity contribution in [1.82, 2.24) is 15.5 Å². The van der Waals surface area contributed by atoms with Crippen LogP contribution in [-0.2, 0) is 22.7 Å². The maximum atomic E-state index is 12.8. The molecule has 1 fully saturated rings. The predicted octanol–water partition coefficient (Wildman–Crippen LogP) is 4.61. The number of thiocarbonyl (C=S) groups is 1. The number of nitrogens with zero attached hydrogens (tertiary/aromatic N) is 1. The Morgan fingerprint density at radius 2 is 1.88 bits per heavy atom. The third-order valence-electron chi connectivity index (χ3n) is 5.15. The largest absolute Gasteiger partial charge is 0.358 e. The lowest BCUT2D eigenvalue weighted by molar-refractivity contribution is -0.136. The van der Waals surface area contributed by atoms with Gasteiger partial charge in [-0.3, -0.25) is 19.7 Å². The highest BCUT2D eigenvalue weighted by Crippen LogP contribution is 2.41. The molecule has 1 unspecified atom stereocenters. The highest BCUT2D eigenvalue weighted by Gasteiger charge is 2.40. The Balaban J connectivity index is 1.43. The SMILES string of the molecule is O=C1CCC(N2Cc3c(csc3CNC(=S)Nc3c(Cl)c(Cl)cc(Cl)c3Cl)C2=O)C(=O)N1. The second-order valence-corrected chi connectivity index (χ2v) is 10.0. The van der Waals surface area contributed by atoms with Crippen LogP contribution in [0.5, 0.6) is 0 Å². The molecule has 1 aromatic heterocycles. The Labute approximate surface area is 212 Å². The van der Waals surface area contributed by atoms with E-state index in [9.17, 15) is 14.4 Å². The van der Waals surface area contributed by atoms with Crippen LogP contribution in [0.1, 0.15) is 33.6 Å². The number of carbonyl (C=O) groups excluding carboxylic acids is 3. The van der Waals surface area contributed by atoms with Crippen molar-refractivity contribution in [2.45, 2.75) is 32.0 Å². The molecule has 0 bridgehead atoms. The van der Waals surface area contributed by atoms with Crippen molar-refractivity contribution in [1.29, 1.82) is 0 Å². The van der Waals surface area contributed by atoms with Gasteiger partial charge in [0.25, 0.3) is 5.91 Å². The summed E-state index contributed by atoms with van der Waals surface area (Å²) in [5.74, 6) is -0.980. The molecule has 3 amide bonds. The molecule has 1 saturated heterocycles. The molecule has 168 valence electrons. The second-order valence-electron chi connectivity index (χ2n) is 7.10. The molecule has 0 spiro atoms. The van der Waals surface area contributed by atoms with Crippen molar-refractivity contribution >= 4 is 98.5 Å². The van der Waals surface area contributed by atoms with Crippen molar-refractivity contribution in [2.24, 2.45) is 0 Å². The molecule has 2 aliphatic rings. The zero-order valence-corrected chi connectivity index (χ0v) is 20.7. The van der Waals surface area contributed by atoms with Crippen molar-refractivity contribution < 1.29 is 14.4 Å². The molecule has 2 aromatic rings. The van der Waals surface area contributed by atoms with Crippen molar-refractivity contribution in [3.63, 3.8) is 0 Å². The van der Waals surface area contributed by atoms with Gasteiger partial charge in [0.15, 0.2) is 5.11 Å². The Morgan fingerprint density at radius 3 is 2.53 bits per heavy atom. The molecule has 2 aliphatic heterocycles. The zero-order chi connectivity index (χ0) is 23.2. The number of benzene rings is 1. The van der Waals surface area contributed by atoms with Crippen LogP contribution in [0.2, 0.25) is 20.1 Å². The summed E-state index contributed by atoms with van der Waals surface area (Å²) in [6.45, 7) is 0.633. The van der Waals surface area contributed by atoms with E-state index in [0.717, 1.165) is 10.4 Å². The predicted molar refractivity (Wildman–Crippen MR) is 130 cm³/mol. The minimum absolute atomic E-state index is 0.188. The van der Waals surface area contributed by atoms with Gasteiger partial charge in [-0.05, 0) is 30.3 Å². The van der Waals surface area contributed by atoms with Gasteiger partial charge in [-0.25, -0.2) is 0 Å². The summed E-state index contributed by atoms with van der Waals surface area (Å²) in [4.78, 5) is 38.8. The van der Waals surface area contributed by atoms with E-state index in [4.69, 9.17) is 58.6 Å². The van der Waals surface area contributed by atoms with Crippen LogP contribution in [-0.4, -0.2) is 33.8 Å². The smallest absolute Gasteiger partial charge is 0.256 e.